The molecule has 0 aromatic carbocycles. The van der Waals surface area contributed by atoms with Crippen LogP contribution in [0.3, 0.4) is 0 Å². The van der Waals surface area contributed by atoms with Gasteiger partial charge in [-0.3, -0.25) is 0 Å². The largest absolute Gasteiger partial charge is 0.498 e. The minimum Gasteiger partial charge on any atom is -0.399 e. The van der Waals surface area contributed by atoms with Gasteiger partial charge in [-0.05, 0) is 62.4 Å². The van der Waals surface area contributed by atoms with Crippen molar-refractivity contribution in [2.24, 2.45) is 0 Å². The Balaban J connectivity index is 0.000000228. The molecule has 0 spiro atoms. The highest BCUT2D eigenvalue weighted by Gasteiger charge is 2.52. The van der Waals surface area contributed by atoms with Crippen LogP contribution in [0.15, 0.2) is 24.5 Å². The quantitative estimate of drug-likeness (QED) is 0.316. The van der Waals surface area contributed by atoms with E-state index in [-0.39, 0.29) is 16.4 Å². The Morgan fingerprint density at radius 1 is 0.923 bits per heavy atom. The van der Waals surface area contributed by atoms with Crippen molar-refractivity contribution in [1.82, 2.24) is 9.97 Å². The maximum absolute atomic E-state index is 13.6. The highest BCUT2D eigenvalue weighted by atomic mass is 127. The van der Waals surface area contributed by atoms with E-state index in [1.54, 1.807) is 0 Å². The van der Waals surface area contributed by atoms with Crippen LogP contribution < -0.4 is 5.46 Å². The lowest BCUT2D eigenvalue weighted by atomic mass is 9.79. The van der Waals surface area contributed by atoms with Gasteiger partial charge < -0.3 is 9.31 Å². The molecule has 1 aliphatic heterocycles. The van der Waals surface area contributed by atoms with Gasteiger partial charge in [0.2, 0.25) is 0 Å². The number of pyridine rings is 2. The first-order valence-electron chi connectivity index (χ1n) is 7.56. The summed E-state index contributed by atoms with van der Waals surface area (Å²) in [5.74, 6) is -0.812. The number of hydrogen-bond donors (Lipinski definition) is 0. The van der Waals surface area contributed by atoms with E-state index in [4.69, 9.17) is 32.5 Å². The number of aromatic nitrogens is 2. The van der Waals surface area contributed by atoms with E-state index in [0.717, 1.165) is 12.4 Å². The van der Waals surface area contributed by atoms with E-state index >= 15 is 0 Å². The fraction of sp³-hybridized carbons (Fsp3) is 0.375. The van der Waals surface area contributed by atoms with Gasteiger partial charge in [-0.25, -0.2) is 18.7 Å². The summed E-state index contributed by atoms with van der Waals surface area (Å²) < 4.78 is 38.0. The van der Waals surface area contributed by atoms with Crippen LogP contribution in [-0.2, 0) is 9.31 Å². The van der Waals surface area contributed by atoms with Gasteiger partial charge >= 0.3 is 7.12 Å². The van der Waals surface area contributed by atoms with Gasteiger partial charge in [0, 0.05) is 5.46 Å². The molecule has 0 atom stereocenters. The summed E-state index contributed by atoms with van der Waals surface area (Å²) in [5, 5.41) is 0.539. The lowest BCUT2D eigenvalue weighted by Crippen LogP contribution is -2.41. The number of nitrogens with zero attached hydrogens (tertiary/aromatic N) is 2. The topological polar surface area (TPSA) is 44.2 Å². The molecule has 0 saturated carbocycles. The third-order valence-corrected chi connectivity index (χ3v) is 5.37. The first kappa shape index (κ1) is 21.8. The fourth-order valence-electron chi connectivity index (χ4n) is 1.97. The molecule has 1 aliphatic rings. The molecule has 0 unspecified atom stereocenters. The average Bonchev–Trinajstić information content (AvgIpc) is 2.74. The Hall–Kier alpha value is -0.545. The van der Waals surface area contributed by atoms with Crippen molar-refractivity contribution < 1.29 is 18.1 Å². The lowest BCUT2D eigenvalue weighted by Gasteiger charge is -2.32. The van der Waals surface area contributed by atoms with E-state index in [0.29, 0.717) is 8.72 Å². The summed E-state index contributed by atoms with van der Waals surface area (Å²) in [6, 6.07) is 2.90. The summed E-state index contributed by atoms with van der Waals surface area (Å²) >= 11 is 13.0. The van der Waals surface area contributed by atoms with Crippen LogP contribution in [0.4, 0.5) is 8.78 Å². The van der Waals surface area contributed by atoms with Gasteiger partial charge in [0.25, 0.3) is 0 Å². The molecule has 2 aromatic rings. The number of rotatable bonds is 1. The first-order chi connectivity index (χ1) is 11.9. The van der Waals surface area contributed by atoms with E-state index in [2.05, 4.69) is 9.97 Å². The van der Waals surface area contributed by atoms with Gasteiger partial charge in [0.15, 0.2) is 5.82 Å². The summed E-state index contributed by atoms with van der Waals surface area (Å²) in [7, 11) is -0.750. The van der Waals surface area contributed by atoms with Gasteiger partial charge in [-0.2, -0.15) is 0 Å². The summed E-state index contributed by atoms with van der Waals surface area (Å²) in [6.45, 7) is 7.64. The van der Waals surface area contributed by atoms with Gasteiger partial charge in [-0.15, -0.1) is 0 Å². The highest BCUT2D eigenvalue weighted by Crippen LogP contribution is 2.36. The van der Waals surface area contributed by atoms with Crippen LogP contribution in [0, 0.1) is 15.2 Å². The Bertz CT molecular complexity index is 796. The van der Waals surface area contributed by atoms with E-state index in [9.17, 15) is 8.78 Å². The summed E-state index contributed by atoms with van der Waals surface area (Å²) in [4.78, 5) is 7.19. The van der Waals surface area contributed by atoms with Crippen molar-refractivity contribution in [2.75, 3.05) is 0 Å². The molecular formula is C16H16BCl2F2IN2O2. The molecule has 3 heterocycles. The van der Waals surface area contributed by atoms with E-state index in [1.807, 2.05) is 50.3 Å². The molecule has 10 heteroatoms. The second-order valence-corrected chi connectivity index (χ2v) is 8.47. The molecule has 26 heavy (non-hydrogen) atoms. The van der Waals surface area contributed by atoms with Crippen LogP contribution >= 0.6 is 45.8 Å². The predicted molar refractivity (Wildman–Crippen MR) is 107 cm³/mol. The second kappa shape index (κ2) is 8.22. The number of halogens is 5. The van der Waals surface area contributed by atoms with Crippen LogP contribution in [0.5, 0.6) is 0 Å². The van der Waals surface area contributed by atoms with Crippen molar-refractivity contribution in [3.05, 3.63) is 50.0 Å². The Kier molecular flexibility index (Phi) is 6.88. The van der Waals surface area contributed by atoms with Gasteiger partial charge in [-0.1, -0.05) is 23.2 Å². The third kappa shape index (κ3) is 5.04. The van der Waals surface area contributed by atoms with Crippen LogP contribution in [-0.4, -0.2) is 28.3 Å². The maximum atomic E-state index is 13.6. The van der Waals surface area contributed by atoms with E-state index in [1.165, 1.54) is 12.1 Å². The summed E-state index contributed by atoms with van der Waals surface area (Å²) in [6.07, 6.45) is 2.17. The Labute approximate surface area is 174 Å². The molecule has 4 nitrogen and oxygen atoms in total. The zero-order chi connectivity index (χ0) is 19.7. The monoisotopic (exact) mass is 514 g/mol. The maximum Gasteiger partial charge on any atom is 0.498 e. The van der Waals surface area contributed by atoms with Crippen molar-refractivity contribution >= 4 is 58.4 Å². The smallest absolute Gasteiger partial charge is 0.399 e. The first-order valence-corrected chi connectivity index (χ1v) is 9.39. The average molecular weight is 515 g/mol. The van der Waals surface area contributed by atoms with Gasteiger partial charge in [0.05, 0.1) is 27.2 Å². The zero-order valence-electron chi connectivity index (χ0n) is 14.5. The molecular weight excluding hydrogens is 499 g/mol. The molecule has 0 amide bonds. The van der Waals surface area contributed by atoms with Crippen LogP contribution in [0.25, 0.3) is 0 Å². The standard InChI is InChI=1S/C11H14BClFNO2.C5H2ClFIN/c1-10(2)11(3,4)17-12(16-10)7-5-9(13)15-6-8(7)14;6-5-1-4(8)3(7)2-9-5/h5-6H,1-4H3;1-2H. The predicted octanol–water partition coefficient (Wildman–Crippen LogP) is 4.65. The molecule has 0 aliphatic carbocycles. The van der Waals surface area contributed by atoms with Crippen LogP contribution in [0.1, 0.15) is 27.7 Å². The van der Waals surface area contributed by atoms with Crippen molar-refractivity contribution in [2.45, 2.75) is 38.9 Å². The zero-order valence-corrected chi connectivity index (χ0v) is 18.2. The fourth-order valence-corrected chi connectivity index (χ4v) is 2.91. The van der Waals surface area contributed by atoms with Crippen molar-refractivity contribution in [1.29, 1.82) is 0 Å². The Morgan fingerprint density at radius 3 is 1.85 bits per heavy atom. The molecule has 2 aromatic heterocycles. The highest BCUT2D eigenvalue weighted by molar-refractivity contribution is 14.1. The molecule has 1 fully saturated rings. The Morgan fingerprint density at radius 2 is 1.38 bits per heavy atom. The lowest BCUT2D eigenvalue weighted by molar-refractivity contribution is 0.00578. The molecule has 1 saturated heterocycles. The second-order valence-electron chi connectivity index (χ2n) is 6.54. The van der Waals surface area contributed by atoms with Gasteiger partial charge in [0.1, 0.15) is 16.1 Å². The number of hydrogen-bond acceptors (Lipinski definition) is 4. The van der Waals surface area contributed by atoms with E-state index < -0.39 is 24.1 Å². The van der Waals surface area contributed by atoms with Crippen molar-refractivity contribution in [3.8, 4) is 0 Å². The van der Waals surface area contributed by atoms with Crippen molar-refractivity contribution in [3.63, 3.8) is 0 Å². The summed E-state index contributed by atoms with van der Waals surface area (Å²) in [5.41, 5.74) is -0.719. The molecule has 0 radical (unpaired) electrons. The third-order valence-electron chi connectivity index (χ3n) is 4.13. The minimum absolute atomic E-state index is 0.219. The molecule has 0 bridgehead atoms. The normalized spacial score (nSPS) is 17.7. The minimum atomic E-state index is -0.750. The molecule has 0 N–H and O–H groups in total. The van der Waals surface area contributed by atoms with Crippen LogP contribution in [0.2, 0.25) is 10.3 Å². The SMILES string of the molecule is CC1(C)OB(c2cc(Cl)ncc2F)OC1(C)C.Fc1cnc(Cl)cc1I. The molecule has 3 rings (SSSR count). The molecule has 140 valence electrons.